The van der Waals surface area contributed by atoms with Gasteiger partial charge in [0.25, 0.3) is 0 Å². The lowest BCUT2D eigenvalue weighted by molar-refractivity contribution is -0.137. The molecule has 0 aliphatic carbocycles. The molecule has 0 aliphatic rings. The Balaban J connectivity index is 2.32. The molecule has 0 radical (unpaired) electrons. The van der Waals surface area contributed by atoms with Crippen LogP contribution < -0.4 is 5.73 Å². The maximum atomic E-state index is 10.5. The molecule has 0 aliphatic heterocycles. The predicted octanol–water partition coefficient (Wildman–Crippen LogP) is 0.204. The minimum atomic E-state index is -0.933. The van der Waals surface area contributed by atoms with Crippen LogP contribution in [0.5, 0.6) is 0 Å². The van der Waals surface area contributed by atoms with Crippen LogP contribution >= 0.6 is 0 Å². The Morgan fingerprint density at radius 2 is 2.47 bits per heavy atom. The summed E-state index contributed by atoms with van der Waals surface area (Å²) in [5.41, 5.74) is 6.95. The number of carboxylic acid groups (broad SMARTS) is 1. The van der Waals surface area contributed by atoms with E-state index in [1.807, 2.05) is 0 Å². The van der Waals surface area contributed by atoms with Crippen molar-refractivity contribution in [1.82, 2.24) is 14.4 Å². The summed E-state index contributed by atoms with van der Waals surface area (Å²) in [6.07, 6.45) is 4.78. The second-order valence-electron chi connectivity index (χ2n) is 3.22. The molecular formula is C9H10N4O2. The summed E-state index contributed by atoms with van der Waals surface area (Å²) in [4.78, 5) is 18.6. The lowest BCUT2D eigenvalue weighted by Gasteiger charge is -2.03. The van der Waals surface area contributed by atoms with E-state index >= 15 is 0 Å². The van der Waals surface area contributed by atoms with Crippen LogP contribution in [-0.2, 0) is 4.79 Å². The summed E-state index contributed by atoms with van der Waals surface area (Å²) in [6.45, 7) is 0. The van der Waals surface area contributed by atoms with Crippen LogP contribution in [0.2, 0.25) is 0 Å². The molecule has 6 heteroatoms. The Bertz CT molecular complexity index is 461. The summed E-state index contributed by atoms with van der Waals surface area (Å²) in [5, 5.41) is 8.59. The van der Waals surface area contributed by atoms with E-state index in [9.17, 15) is 4.79 Å². The van der Waals surface area contributed by atoms with Crippen LogP contribution in [0.1, 0.15) is 18.2 Å². The van der Waals surface area contributed by atoms with Crippen molar-refractivity contribution in [1.29, 1.82) is 0 Å². The number of carboxylic acids is 1. The highest BCUT2D eigenvalue weighted by atomic mass is 16.4. The third-order valence-electron chi connectivity index (χ3n) is 2.05. The second kappa shape index (κ2) is 3.66. The fourth-order valence-electron chi connectivity index (χ4n) is 1.33. The van der Waals surface area contributed by atoms with E-state index in [0.717, 1.165) is 0 Å². The number of hydrogen-bond donors (Lipinski definition) is 2. The molecule has 2 heterocycles. The van der Waals surface area contributed by atoms with Crippen LogP contribution in [0.25, 0.3) is 5.65 Å². The molecule has 2 aromatic heterocycles. The minimum Gasteiger partial charge on any atom is -0.481 e. The molecule has 1 unspecified atom stereocenters. The average molecular weight is 206 g/mol. The van der Waals surface area contributed by atoms with E-state index in [-0.39, 0.29) is 6.42 Å². The van der Waals surface area contributed by atoms with E-state index in [0.29, 0.717) is 11.3 Å². The monoisotopic (exact) mass is 206 g/mol. The third kappa shape index (κ3) is 1.94. The molecule has 0 aromatic carbocycles. The highest BCUT2D eigenvalue weighted by Crippen LogP contribution is 2.13. The van der Waals surface area contributed by atoms with Crippen molar-refractivity contribution in [2.75, 3.05) is 0 Å². The predicted molar refractivity (Wildman–Crippen MR) is 52.2 cm³/mol. The third-order valence-corrected chi connectivity index (χ3v) is 2.05. The summed E-state index contributed by atoms with van der Waals surface area (Å²) in [6, 6.07) is 1.15. The number of carbonyl (C=O) groups is 1. The summed E-state index contributed by atoms with van der Waals surface area (Å²) < 4.78 is 1.71. The van der Waals surface area contributed by atoms with E-state index in [2.05, 4.69) is 9.97 Å². The molecule has 2 aromatic rings. The zero-order chi connectivity index (χ0) is 10.8. The Morgan fingerprint density at radius 3 is 3.13 bits per heavy atom. The van der Waals surface area contributed by atoms with Gasteiger partial charge < -0.3 is 10.8 Å². The van der Waals surface area contributed by atoms with Gasteiger partial charge in [-0.2, -0.15) is 0 Å². The molecular weight excluding hydrogens is 196 g/mol. The molecule has 0 fully saturated rings. The lowest BCUT2D eigenvalue weighted by atomic mass is 10.2. The minimum absolute atomic E-state index is 0.128. The highest BCUT2D eigenvalue weighted by Gasteiger charge is 2.13. The molecule has 0 bridgehead atoms. The Kier molecular flexibility index (Phi) is 2.34. The van der Waals surface area contributed by atoms with Gasteiger partial charge in [0.2, 0.25) is 0 Å². The van der Waals surface area contributed by atoms with Crippen LogP contribution in [0, 0.1) is 0 Å². The van der Waals surface area contributed by atoms with Crippen molar-refractivity contribution in [3.63, 3.8) is 0 Å². The van der Waals surface area contributed by atoms with E-state index < -0.39 is 12.0 Å². The molecule has 3 N–H and O–H groups in total. The molecule has 2 rings (SSSR count). The number of nitrogens with zero attached hydrogens (tertiary/aromatic N) is 3. The standard InChI is InChI=1S/C9H10N4O2/c10-6(3-9(14)15)7-4-13-5-11-2-1-8(13)12-7/h1-2,4-6H,3,10H2,(H,14,15). The summed E-state index contributed by atoms with van der Waals surface area (Å²) >= 11 is 0. The van der Waals surface area contributed by atoms with Crippen molar-refractivity contribution in [3.05, 3.63) is 30.5 Å². The molecule has 0 saturated heterocycles. The topological polar surface area (TPSA) is 93.5 Å². The molecule has 6 nitrogen and oxygen atoms in total. The van der Waals surface area contributed by atoms with Gasteiger partial charge in [-0.1, -0.05) is 0 Å². The van der Waals surface area contributed by atoms with Gasteiger partial charge in [-0.25, -0.2) is 9.97 Å². The number of nitrogens with two attached hydrogens (primary N) is 1. The van der Waals surface area contributed by atoms with Gasteiger partial charge in [0.05, 0.1) is 18.2 Å². The highest BCUT2D eigenvalue weighted by molar-refractivity contribution is 5.67. The van der Waals surface area contributed by atoms with Gasteiger partial charge in [0.15, 0.2) is 0 Å². The fraction of sp³-hybridized carbons (Fsp3) is 0.222. The van der Waals surface area contributed by atoms with Gasteiger partial charge in [-0.3, -0.25) is 9.20 Å². The van der Waals surface area contributed by atoms with Crippen LogP contribution in [-0.4, -0.2) is 25.4 Å². The number of rotatable bonds is 3. The first-order chi connectivity index (χ1) is 7.16. The Labute approximate surface area is 85.4 Å². The van der Waals surface area contributed by atoms with Gasteiger partial charge in [0, 0.05) is 12.4 Å². The molecule has 15 heavy (non-hydrogen) atoms. The number of imidazole rings is 1. The van der Waals surface area contributed by atoms with E-state index in [4.69, 9.17) is 10.8 Å². The Morgan fingerprint density at radius 1 is 1.67 bits per heavy atom. The van der Waals surface area contributed by atoms with Gasteiger partial charge in [-0.15, -0.1) is 0 Å². The molecule has 0 spiro atoms. The fourth-order valence-corrected chi connectivity index (χ4v) is 1.33. The van der Waals surface area contributed by atoms with E-state index in [1.165, 1.54) is 0 Å². The van der Waals surface area contributed by atoms with Crippen molar-refractivity contribution in [2.24, 2.45) is 5.73 Å². The van der Waals surface area contributed by atoms with Gasteiger partial charge in [0.1, 0.15) is 12.0 Å². The summed E-state index contributed by atoms with van der Waals surface area (Å²) in [5.74, 6) is -0.933. The first-order valence-electron chi connectivity index (χ1n) is 4.43. The molecule has 0 amide bonds. The SMILES string of the molecule is NC(CC(=O)O)c1cn2cnccc2n1. The molecule has 1 atom stereocenters. The van der Waals surface area contributed by atoms with Crippen molar-refractivity contribution in [2.45, 2.75) is 12.5 Å². The maximum absolute atomic E-state index is 10.5. The normalized spacial score (nSPS) is 12.9. The quantitative estimate of drug-likeness (QED) is 0.748. The van der Waals surface area contributed by atoms with Crippen LogP contribution in [0.3, 0.4) is 0 Å². The number of aromatic nitrogens is 3. The number of hydrogen-bond acceptors (Lipinski definition) is 4. The number of fused-ring (bicyclic) bond motifs is 1. The van der Waals surface area contributed by atoms with Crippen molar-refractivity contribution in [3.8, 4) is 0 Å². The van der Waals surface area contributed by atoms with Crippen molar-refractivity contribution >= 4 is 11.6 Å². The van der Waals surface area contributed by atoms with E-state index in [1.54, 1.807) is 29.2 Å². The van der Waals surface area contributed by atoms with Crippen LogP contribution in [0.15, 0.2) is 24.8 Å². The van der Waals surface area contributed by atoms with Crippen LogP contribution in [0.4, 0.5) is 0 Å². The second-order valence-corrected chi connectivity index (χ2v) is 3.22. The molecule has 0 saturated carbocycles. The number of aliphatic carboxylic acids is 1. The average Bonchev–Trinajstić information content (AvgIpc) is 2.59. The zero-order valence-corrected chi connectivity index (χ0v) is 7.87. The largest absolute Gasteiger partial charge is 0.481 e. The Hall–Kier alpha value is -1.95. The first kappa shape index (κ1) is 9.60. The van der Waals surface area contributed by atoms with Gasteiger partial charge >= 0.3 is 5.97 Å². The maximum Gasteiger partial charge on any atom is 0.305 e. The van der Waals surface area contributed by atoms with Gasteiger partial charge in [-0.05, 0) is 6.07 Å². The first-order valence-corrected chi connectivity index (χ1v) is 4.43. The smallest absolute Gasteiger partial charge is 0.305 e. The molecule has 78 valence electrons. The summed E-state index contributed by atoms with van der Waals surface area (Å²) in [7, 11) is 0. The zero-order valence-electron chi connectivity index (χ0n) is 7.87. The van der Waals surface area contributed by atoms with Crippen molar-refractivity contribution < 1.29 is 9.90 Å². The lowest BCUT2D eigenvalue weighted by Crippen LogP contribution is -2.15.